The molecular weight excluding hydrogens is 318 g/mol. The van der Waals surface area contributed by atoms with Gasteiger partial charge in [-0.1, -0.05) is 6.07 Å². The number of amides is 1. The van der Waals surface area contributed by atoms with E-state index >= 15 is 0 Å². The van der Waals surface area contributed by atoms with Crippen molar-refractivity contribution in [3.63, 3.8) is 0 Å². The van der Waals surface area contributed by atoms with Gasteiger partial charge in [0.05, 0.1) is 31.6 Å². The van der Waals surface area contributed by atoms with E-state index in [0.29, 0.717) is 31.0 Å². The lowest BCUT2D eigenvalue weighted by atomic mass is 10.1. The molecule has 2 aromatic rings. The quantitative estimate of drug-likeness (QED) is 0.836. The van der Waals surface area contributed by atoms with Crippen molar-refractivity contribution in [1.82, 2.24) is 14.9 Å². The van der Waals surface area contributed by atoms with Gasteiger partial charge >= 0.3 is 0 Å². The van der Waals surface area contributed by atoms with Crippen LogP contribution in [0.15, 0.2) is 36.8 Å². The van der Waals surface area contributed by atoms with Gasteiger partial charge in [0.25, 0.3) is 5.91 Å². The van der Waals surface area contributed by atoms with Crippen molar-refractivity contribution < 1.29 is 14.3 Å². The molecule has 0 aliphatic carbocycles. The average molecular weight is 341 g/mol. The Hall–Kier alpha value is -2.47. The van der Waals surface area contributed by atoms with Crippen molar-refractivity contribution in [1.29, 1.82) is 0 Å². The number of piperidine rings is 1. The minimum Gasteiger partial charge on any atom is -0.494 e. The molecular formula is C19H23N3O3. The van der Waals surface area contributed by atoms with E-state index in [4.69, 9.17) is 9.47 Å². The van der Waals surface area contributed by atoms with E-state index in [9.17, 15) is 4.79 Å². The molecule has 3 heterocycles. The number of carbonyl (C=O) groups excluding carboxylic acids is 1. The monoisotopic (exact) mass is 341 g/mol. The third-order valence-electron chi connectivity index (χ3n) is 4.39. The number of rotatable bonds is 5. The fraction of sp³-hybridized carbons (Fsp3) is 0.421. The maximum Gasteiger partial charge on any atom is 0.257 e. The van der Waals surface area contributed by atoms with E-state index in [1.807, 2.05) is 30.2 Å². The molecule has 0 unspecified atom stereocenters. The van der Waals surface area contributed by atoms with Crippen molar-refractivity contribution in [3.05, 3.63) is 53.6 Å². The summed E-state index contributed by atoms with van der Waals surface area (Å²) in [6.45, 7) is 3.79. The van der Waals surface area contributed by atoms with Gasteiger partial charge < -0.3 is 14.4 Å². The van der Waals surface area contributed by atoms with Crippen molar-refractivity contribution in [3.8, 4) is 5.75 Å². The zero-order chi connectivity index (χ0) is 17.6. The number of methoxy groups -OCH3 is 1. The normalized spacial score (nSPS) is 15.2. The molecule has 1 aliphatic rings. The maximum absolute atomic E-state index is 12.8. The summed E-state index contributed by atoms with van der Waals surface area (Å²) < 4.78 is 11.2. The molecule has 2 aromatic heterocycles. The molecule has 0 saturated carbocycles. The molecule has 0 spiro atoms. The molecule has 1 saturated heterocycles. The van der Waals surface area contributed by atoms with Crippen LogP contribution in [0, 0.1) is 6.92 Å². The van der Waals surface area contributed by atoms with E-state index < -0.39 is 0 Å². The second-order valence-corrected chi connectivity index (χ2v) is 6.19. The summed E-state index contributed by atoms with van der Waals surface area (Å²) in [4.78, 5) is 22.9. The number of hydrogen-bond acceptors (Lipinski definition) is 5. The van der Waals surface area contributed by atoms with Crippen LogP contribution in [0.3, 0.4) is 0 Å². The van der Waals surface area contributed by atoms with Crippen LogP contribution in [0.25, 0.3) is 0 Å². The predicted octanol–water partition coefficient (Wildman–Crippen LogP) is 2.62. The number of aromatic nitrogens is 2. The minimum absolute atomic E-state index is 0.00643. The Labute approximate surface area is 147 Å². The highest BCUT2D eigenvalue weighted by molar-refractivity contribution is 5.97. The van der Waals surface area contributed by atoms with Gasteiger partial charge in [0.15, 0.2) is 0 Å². The Morgan fingerprint density at radius 1 is 1.32 bits per heavy atom. The van der Waals surface area contributed by atoms with Gasteiger partial charge in [-0.25, -0.2) is 0 Å². The second-order valence-electron chi connectivity index (χ2n) is 6.19. The van der Waals surface area contributed by atoms with Gasteiger partial charge in [0.2, 0.25) is 0 Å². The first-order chi connectivity index (χ1) is 12.2. The zero-order valence-electron chi connectivity index (χ0n) is 14.6. The van der Waals surface area contributed by atoms with Crippen molar-refractivity contribution in [2.45, 2.75) is 32.5 Å². The van der Waals surface area contributed by atoms with E-state index in [1.54, 1.807) is 25.6 Å². The number of carbonyl (C=O) groups is 1. The van der Waals surface area contributed by atoms with Crippen LogP contribution in [0.4, 0.5) is 0 Å². The highest BCUT2D eigenvalue weighted by Crippen LogP contribution is 2.23. The summed E-state index contributed by atoms with van der Waals surface area (Å²) >= 11 is 0. The van der Waals surface area contributed by atoms with Gasteiger partial charge in [-0.05, 0) is 37.5 Å². The van der Waals surface area contributed by atoms with E-state index in [1.165, 1.54) is 0 Å². The van der Waals surface area contributed by atoms with Gasteiger partial charge in [0.1, 0.15) is 5.75 Å². The topological polar surface area (TPSA) is 64.5 Å². The van der Waals surface area contributed by atoms with Crippen LogP contribution < -0.4 is 4.74 Å². The molecule has 0 bridgehead atoms. The van der Waals surface area contributed by atoms with Crippen LogP contribution >= 0.6 is 0 Å². The summed E-state index contributed by atoms with van der Waals surface area (Å²) in [5, 5.41) is 0. The van der Waals surface area contributed by atoms with Gasteiger partial charge in [-0.15, -0.1) is 0 Å². The summed E-state index contributed by atoms with van der Waals surface area (Å²) in [7, 11) is 1.56. The van der Waals surface area contributed by atoms with Crippen molar-refractivity contribution >= 4 is 5.91 Å². The highest BCUT2D eigenvalue weighted by Gasteiger charge is 2.26. The molecule has 0 aromatic carbocycles. The lowest BCUT2D eigenvalue weighted by Gasteiger charge is -2.32. The first-order valence-electron chi connectivity index (χ1n) is 8.48. The predicted molar refractivity (Wildman–Crippen MR) is 93.5 cm³/mol. The first kappa shape index (κ1) is 17.4. The Morgan fingerprint density at radius 2 is 2.12 bits per heavy atom. The third-order valence-corrected chi connectivity index (χ3v) is 4.39. The molecule has 25 heavy (non-hydrogen) atoms. The van der Waals surface area contributed by atoms with Gasteiger partial charge in [-0.3, -0.25) is 14.8 Å². The Bertz CT molecular complexity index is 713. The van der Waals surface area contributed by atoms with Crippen LogP contribution in [-0.2, 0) is 11.3 Å². The first-order valence-corrected chi connectivity index (χ1v) is 8.48. The van der Waals surface area contributed by atoms with E-state index in [-0.39, 0.29) is 12.0 Å². The molecule has 0 radical (unpaired) electrons. The SMILES string of the molecule is COc1cnc(C)cc1C(=O)N1CCC(OCc2cccnc2)CC1. The molecule has 0 N–H and O–H groups in total. The maximum atomic E-state index is 12.8. The lowest BCUT2D eigenvalue weighted by molar-refractivity contribution is -0.000529. The van der Waals surface area contributed by atoms with Crippen molar-refractivity contribution in [2.24, 2.45) is 0 Å². The van der Waals surface area contributed by atoms with E-state index in [0.717, 1.165) is 24.1 Å². The molecule has 0 atom stereocenters. The number of pyridine rings is 2. The largest absolute Gasteiger partial charge is 0.494 e. The molecule has 3 rings (SSSR count). The van der Waals surface area contributed by atoms with Gasteiger partial charge in [0, 0.05) is 31.2 Å². The average Bonchev–Trinajstić information content (AvgIpc) is 2.67. The minimum atomic E-state index is -0.00643. The Kier molecular flexibility index (Phi) is 5.60. The van der Waals surface area contributed by atoms with Crippen LogP contribution in [0.2, 0.25) is 0 Å². The number of aryl methyl sites for hydroxylation is 1. The highest BCUT2D eigenvalue weighted by atomic mass is 16.5. The summed E-state index contributed by atoms with van der Waals surface area (Å²) in [5.74, 6) is 0.513. The molecule has 1 aliphatic heterocycles. The van der Waals surface area contributed by atoms with Crippen LogP contribution in [-0.4, -0.2) is 47.1 Å². The van der Waals surface area contributed by atoms with Crippen LogP contribution in [0.1, 0.15) is 34.5 Å². The molecule has 6 heteroatoms. The van der Waals surface area contributed by atoms with Crippen molar-refractivity contribution in [2.75, 3.05) is 20.2 Å². The fourth-order valence-electron chi connectivity index (χ4n) is 2.97. The van der Waals surface area contributed by atoms with Gasteiger partial charge in [-0.2, -0.15) is 0 Å². The number of ether oxygens (including phenoxy) is 2. The lowest BCUT2D eigenvalue weighted by Crippen LogP contribution is -2.41. The summed E-state index contributed by atoms with van der Waals surface area (Å²) in [6, 6.07) is 5.69. The standard InChI is InChI=1S/C19H23N3O3/c1-14-10-17(18(24-2)12-21-14)19(23)22-8-5-16(6-9-22)25-13-15-4-3-7-20-11-15/h3-4,7,10-12,16H,5-6,8-9,13H2,1-2H3. The van der Waals surface area contributed by atoms with E-state index in [2.05, 4.69) is 9.97 Å². The van der Waals surface area contributed by atoms with Crippen LogP contribution in [0.5, 0.6) is 5.75 Å². The number of likely N-dealkylation sites (tertiary alicyclic amines) is 1. The molecule has 6 nitrogen and oxygen atoms in total. The Morgan fingerprint density at radius 3 is 2.80 bits per heavy atom. The third kappa shape index (κ3) is 4.33. The molecule has 132 valence electrons. The number of hydrogen-bond donors (Lipinski definition) is 0. The summed E-state index contributed by atoms with van der Waals surface area (Å²) in [5.41, 5.74) is 2.45. The fourth-order valence-corrected chi connectivity index (χ4v) is 2.97. The molecule has 1 fully saturated rings. The number of nitrogens with zero attached hydrogens (tertiary/aromatic N) is 3. The summed E-state index contributed by atoms with van der Waals surface area (Å²) in [6.07, 6.45) is 7.01. The smallest absolute Gasteiger partial charge is 0.257 e. The second kappa shape index (κ2) is 8.07. The molecule has 1 amide bonds. The zero-order valence-corrected chi connectivity index (χ0v) is 14.6. The Balaban J connectivity index is 1.55.